The van der Waals surface area contributed by atoms with Gasteiger partial charge >= 0.3 is 0 Å². The first-order valence-corrected chi connectivity index (χ1v) is 17.0. The number of likely N-dealkylation sites (N-methyl/N-ethyl adjacent to an activating group) is 1. The van der Waals surface area contributed by atoms with Crippen LogP contribution in [0.3, 0.4) is 0 Å². The van der Waals surface area contributed by atoms with Crippen molar-refractivity contribution in [2.45, 2.75) is 48.2 Å². The molecule has 1 heterocycles. The molecule has 1 aliphatic heterocycles. The number of amides is 1. The van der Waals surface area contributed by atoms with Crippen molar-refractivity contribution >= 4 is 48.2 Å². The van der Waals surface area contributed by atoms with E-state index in [1.807, 2.05) is 48.3 Å². The molecule has 0 saturated heterocycles. The van der Waals surface area contributed by atoms with Gasteiger partial charge in [0.05, 0.1) is 33.6 Å². The molecule has 3 aromatic carbocycles. The molecule has 266 valence electrons. The average molecular weight is 723 g/mol. The van der Waals surface area contributed by atoms with Gasteiger partial charge in [-0.1, -0.05) is 30.3 Å². The smallest absolute Gasteiger partial charge is 0.247 e. The minimum Gasteiger partial charge on any atom is -0.494 e. The van der Waals surface area contributed by atoms with Gasteiger partial charge in [0.25, 0.3) is 0 Å². The molecule has 1 atom stereocenters. The number of halogens is 2. The van der Waals surface area contributed by atoms with E-state index in [0.717, 1.165) is 91.4 Å². The van der Waals surface area contributed by atoms with E-state index in [0.29, 0.717) is 18.1 Å². The number of carbonyl (C=O) groups excluding carboxylic acids is 1. The molecule has 0 aliphatic carbocycles. The van der Waals surface area contributed by atoms with Crippen LogP contribution in [-0.2, 0) is 16.0 Å². The van der Waals surface area contributed by atoms with E-state index in [9.17, 15) is 4.79 Å². The molecule has 0 aromatic heterocycles. The van der Waals surface area contributed by atoms with Gasteiger partial charge in [-0.2, -0.15) is 0 Å². The molecule has 8 nitrogen and oxygen atoms in total. The number of rotatable bonds is 18. The van der Waals surface area contributed by atoms with Crippen molar-refractivity contribution in [3.8, 4) is 23.0 Å². The lowest BCUT2D eigenvalue weighted by molar-refractivity contribution is -0.121. The van der Waals surface area contributed by atoms with Crippen molar-refractivity contribution in [3.05, 3.63) is 71.8 Å². The molecule has 0 saturated carbocycles. The molecule has 0 spiro atoms. The van der Waals surface area contributed by atoms with Gasteiger partial charge in [-0.25, -0.2) is 0 Å². The molecule has 48 heavy (non-hydrogen) atoms. The fourth-order valence-electron chi connectivity index (χ4n) is 6.07. The second-order valence-corrected chi connectivity index (χ2v) is 13.5. The number of nitrogens with zero attached hydrogens (tertiary/aromatic N) is 3. The molecule has 0 bridgehead atoms. The Kier molecular flexibility index (Phi) is 17.2. The number of para-hydroxylation sites is 1. The zero-order valence-corrected chi connectivity index (χ0v) is 31.9. The third-order valence-electron chi connectivity index (χ3n) is 8.59. The van der Waals surface area contributed by atoms with E-state index in [4.69, 9.17) is 18.9 Å². The van der Waals surface area contributed by atoms with Crippen LogP contribution in [0, 0.1) is 0 Å². The van der Waals surface area contributed by atoms with E-state index >= 15 is 0 Å². The lowest BCUT2D eigenvalue weighted by Gasteiger charge is -2.41. The molecule has 11 heteroatoms. The first-order valence-electron chi connectivity index (χ1n) is 16.1. The van der Waals surface area contributed by atoms with Crippen molar-refractivity contribution in [2.75, 3.05) is 80.7 Å². The Labute approximate surface area is 304 Å². The second-order valence-electron chi connectivity index (χ2n) is 12.1. The summed E-state index contributed by atoms with van der Waals surface area (Å²) < 4.78 is 22.0. The minimum atomic E-state index is -0.660. The van der Waals surface area contributed by atoms with E-state index in [1.54, 1.807) is 33.1 Å². The fourth-order valence-corrected chi connectivity index (χ4v) is 7.62. The topological polar surface area (TPSA) is 63.7 Å². The van der Waals surface area contributed by atoms with E-state index in [1.165, 1.54) is 0 Å². The summed E-state index contributed by atoms with van der Waals surface area (Å²) in [6.07, 6.45) is 5.64. The number of fused-ring (bicyclic) bond motifs is 1. The van der Waals surface area contributed by atoms with Crippen molar-refractivity contribution in [1.29, 1.82) is 0 Å². The highest BCUT2D eigenvalue weighted by atomic mass is 35.5. The predicted molar refractivity (Wildman–Crippen MR) is 203 cm³/mol. The summed E-state index contributed by atoms with van der Waals surface area (Å²) in [6, 6.07) is 20.4. The van der Waals surface area contributed by atoms with Gasteiger partial charge in [0.15, 0.2) is 11.5 Å². The summed E-state index contributed by atoms with van der Waals surface area (Å²) in [5.74, 6) is 3.04. The number of methoxy groups -OCH3 is 3. The third-order valence-corrected chi connectivity index (χ3v) is 10.1. The molecule has 4 rings (SSSR count). The van der Waals surface area contributed by atoms with Crippen LogP contribution in [0.4, 0.5) is 5.69 Å². The highest BCUT2D eigenvalue weighted by Gasteiger charge is 2.47. The molecular formula is C37H53Cl2N3O5S. The number of unbranched alkanes of at least 4 members (excludes halogenated alkanes) is 1. The number of hydrogen-bond acceptors (Lipinski definition) is 8. The van der Waals surface area contributed by atoms with Crippen molar-refractivity contribution in [3.63, 3.8) is 0 Å². The molecule has 1 amide bonds. The van der Waals surface area contributed by atoms with Crippen molar-refractivity contribution in [2.24, 2.45) is 0 Å². The predicted octanol–water partition coefficient (Wildman–Crippen LogP) is 7.59. The van der Waals surface area contributed by atoms with Crippen molar-refractivity contribution in [1.82, 2.24) is 9.80 Å². The molecule has 3 aromatic rings. The maximum atomic E-state index is 13.9. The van der Waals surface area contributed by atoms with Crippen LogP contribution < -0.4 is 23.8 Å². The molecular weight excluding hydrogens is 669 g/mol. The van der Waals surface area contributed by atoms with Gasteiger partial charge in [0, 0.05) is 11.9 Å². The van der Waals surface area contributed by atoms with Gasteiger partial charge < -0.3 is 33.6 Å². The van der Waals surface area contributed by atoms with Crippen LogP contribution in [0.15, 0.2) is 65.6 Å². The molecule has 0 radical (unpaired) electrons. The number of benzene rings is 3. The Morgan fingerprint density at radius 1 is 0.771 bits per heavy atom. The highest BCUT2D eigenvalue weighted by Crippen LogP contribution is 2.53. The SMILES string of the molecule is COc1ccc(CCCN(C)CCCCOc2ccc(C3(CCCN(C)C)Sc4ccccc4N(C)C3=O)cc2)c(OC)c1OC.Cl.Cl. The average Bonchev–Trinajstić information content (AvgIpc) is 3.06. The summed E-state index contributed by atoms with van der Waals surface area (Å²) in [6.45, 7) is 3.60. The normalized spacial score (nSPS) is 15.4. The first-order chi connectivity index (χ1) is 22.2. The standard InChI is InChI=1S/C37H51N3O5S.2ClH/c1-38(2)24-13-23-37(36(41)40(4)31-15-8-9-16-33(31)46-37)29-18-20-30(21-19-29)45-27-11-10-25-39(3)26-12-14-28-17-22-32(42-5)35(44-7)34(28)43-6;;/h8-9,15-22H,10-14,23-27H2,1-7H3;2*1H. The number of thioether (sulfide) groups is 1. The Bertz CT molecular complexity index is 1430. The van der Waals surface area contributed by atoms with Gasteiger partial charge in [-0.05, 0) is 121 Å². The number of anilines is 1. The maximum absolute atomic E-state index is 13.9. The highest BCUT2D eigenvalue weighted by molar-refractivity contribution is 8.01. The minimum absolute atomic E-state index is 0. The number of carbonyl (C=O) groups is 1. The molecule has 0 fully saturated rings. The Balaban J connectivity index is 0.00000400. The van der Waals surface area contributed by atoms with Gasteiger partial charge in [0.1, 0.15) is 10.5 Å². The fraction of sp³-hybridized carbons (Fsp3) is 0.486. The zero-order valence-electron chi connectivity index (χ0n) is 29.5. The lowest BCUT2D eigenvalue weighted by Crippen LogP contribution is -2.46. The molecule has 1 unspecified atom stereocenters. The quantitative estimate of drug-likeness (QED) is 0.125. The summed E-state index contributed by atoms with van der Waals surface area (Å²) in [7, 11) is 13.2. The van der Waals surface area contributed by atoms with Crippen LogP contribution in [0.5, 0.6) is 23.0 Å². The first kappa shape index (κ1) is 41.4. The van der Waals surface area contributed by atoms with Gasteiger partial charge in [-0.15, -0.1) is 36.6 Å². The maximum Gasteiger partial charge on any atom is 0.247 e. The Hall–Kier alpha value is -2.82. The van der Waals surface area contributed by atoms with E-state index in [2.05, 4.69) is 55.2 Å². The lowest BCUT2D eigenvalue weighted by atomic mass is 9.90. The summed E-state index contributed by atoms with van der Waals surface area (Å²) in [4.78, 5) is 21.4. The second kappa shape index (κ2) is 20.0. The molecule has 0 N–H and O–H groups in total. The van der Waals surface area contributed by atoms with E-state index < -0.39 is 4.75 Å². The van der Waals surface area contributed by atoms with Crippen LogP contribution in [0.1, 0.15) is 43.2 Å². The third kappa shape index (κ3) is 10.1. The largest absolute Gasteiger partial charge is 0.494 e. The Morgan fingerprint density at radius 2 is 1.46 bits per heavy atom. The number of hydrogen-bond donors (Lipinski definition) is 0. The molecule has 1 aliphatic rings. The van der Waals surface area contributed by atoms with Crippen molar-refractivity contribution < 1.29 is 23.7 Å². The monoisotopic (exact) mass is 721 g/mol. The zero-order chi connectivity index (χ0) is 33.1. The van der Waals surface area contributed by atoms with Crippen LogP contribution in [-0.4, -0.2) is 91.5 Å². The number of aryl methyl sites for hydroxylation is 1. The van der Waals surface area contributed by atoms with Crippen LogP contribution in [0.25, 0.3) is 0 Å². The summed E-state index contributed by atoms with van der Waals surface area (Å²) in [5, 5.41) is 0. The van der Waals surface area contributed by atoms with Crippen LogP contribution in [0.2, 0.25) is 0 Å². The van der Waals surface area contributed by atoms with Crippen LogP contribution >= 0.6 is 36.6 Å². The number of ether oxygens (including phenoxy) is 4. The Morgan fingerprint density at radius 3 is 2.12 bits per heavy atom. The summed E-state index contributed by atoms with van der Waals surface area (Å²) >= 11 is 1.69. The van der Waals surface area contributed by atoms with Gasteiger partial charge in [-0.3, -0.25) is 4.79 Å². The van der Waals surface area contributed by atoms with E-state index in [-0.39, 0.29) is 30.7 Å². The summed E-state index contributed by atoms with van der Waals surface area (Å²) in [5.41, 5.74) is 3.13. The van der Waals surface area contributed by atoms with Gasteiger partial charge in [0.2, 0.25) is 11.7 Å².